The number of ether oxygens (including phenoxy) is 6. The van der Waals surface area contributed by atoms with Crippen molar-refractivity contribution in [3.8, 4) is 0 Å². The van der Waals surface area contributed by atoms with Gasteiger partial charge in [-0.25, -0.2) is 0 Å². The van der Waals surface area contributed by atoms with Gasteiger partial charge in [0.25, 0.3) is 0 Å². The number of rotatable bonds is 17. The van der Waals surface area contributed by atoms with E-state index in [4.69, 9.17) is 94.8 Å². The average molecular weight is 1030 g/mol. The second-order valence-electron chi connectivity index (χ2n) is 15.8. The lowest BCUT2D eigenvalue weighted by molar-refractivity contribution is -0.376. The van der Waals surface area contributed by atoms with E-state index < -0.39 is 205 Å². The molecule has 0 radical (unpaired) electrons. The zero-order valence-electron chi connectivity index (χ0n) is 36.3. The van der Waals surface area contributed by atoms with Crippen LogP contribution in [-0.4, -0.2) is 345 Å². The molecule has 410 valence electrons. The van der Waals surface area contributed by atoms with Crippen LogP contribution in [0.3, 0.4) is 0 Å². The molecule has 28 atom stereocenters. The lowest BCUT2D eigenvalue weighted by Gasteiger charge is -2.44. The maximum Gasteiger partial charge on any atom is 0.189 e. The summed E-state index contributed by atoms with van der Waals surface area (Å²) in [6, 6.07) is 0. The SMILES string of the molecule is C[C@H](O)[C@H](O)[C@@H](O)[C@@H](O)C=O.O=C[C@H](O)[C@@H](O)[C@H](O)[C@H](O)CO.OC[C@H]1O[C@@H](O[C@@H]2[C@@H](O)[C@H](O)[C@@H](CO)O[C@@H]2O)[C@H](O)[C@@H](O)[C@@H]1O.OC[C@H]1O[C@H](O[C@H]2O[C@H](CO)[C@@H](O)[C@H](O)[C@H]2O)[C@H](O)[C@@H](O)[C@@H]1O. The van der Waals surface area contributed by atoms with Crippen molar-refractivity contribution in [2.45, 2.75) is 179 Å². The molecule has 0 unspecified atom stereocenters. The molecule has 4 saturated heterocycles. The summed E-state index contributed by atoms with van der Waals surface area (Å²) in [5.74, 6) is 0. The van der Waals surface area contributed by atoms with Crippen molar-refractivity contribution in [1.82, 2.24) is 0 Å². The van der Waals surface area contributed by atoms with Gasteiger partial charge in [-0.15, -0.1) is 0 Å². The summed E-state index contributed by atoms with van der Waals surface area (Å²) in [7, 11) is 0. The predicted octanol–water partition coefficient (Wildman–Crippen LogP) is -16.5. The summed E-state index contributed by atoms with van der Waals surface area (Å²) < 4.78 is 30.4. The molecule has 4 aliphatic heterocycles. The van der Waals surface area contributed by atoms with Crippen LogP contribution in [0.25, 0.3) is 0 Å². The molecule has 0 aromatic carbocycles. The molecule has 4 aliphatic rings. The Morgan fingerprint density at radius 1 is 0.406 bits per heavy atom. The van der Waals surface area contributed by atoms with E-state index >= 15 is 0 Å². The van der Waals surface area contributed by atoms with E-state index in [1.54, 1.807) is 0 Å². The van der Waals surface area contributed by atoms with Crippen LogP contribution >= 0.6 is 0 Å². The minimum atomic E-state index is -1.79. The van der Waals surface area contributed by atoms with E-state index in [0.717, 1.165) is 0 Å². The fourth-order valence-electron chi connectivity index (χ4n) is 6.23. The van der Waals surface area contributed by atoms with Crippen molar-refractivity contribution in [3.63, 3.8) is 0 Å². The number of aliphatic hydroxyl groups excluding tert-OH is 25. The van der Waals surface area contributed by atoms with E-state index in [1.807, 2.05) is 0 Å². The number of aliphatic hydroxyl groups is 25. The van der Waals surface area contributed by atoms with Gasteiger partial charge in [-0.1, -0.05) is 0 Å². The second-order valence-corrected chi connectivity index (χ2v) is 15.8. The fraction of sp³-hybridized carbons (Fsp3) is 0.944. The standard InChI is InChI=1S/2C12H22O11.C6H12O6.C6H12O5/c13-1-3-6(16)8(18)10(11(20)21-3)23-12-9(19)7(17)5(15)4(2-14)22-12;13-1-3-5(15)7(17)9(19)11(21-3)23-12-10(20)8(18)6(16)4(2-14)22-12;7-1-3(9)5(11)6(12)4(10)2-8;1-3(8)5(10)6(11)4(9)2-7/h2*3-20H,1-2H2;1,3-6,8-12H,2H2;2-6,8-11H,1H3/t3-,4-,5-,6-,7+,8+,9-,10-,11+,12+;3-,4-,5-,6-,7+,8+,9-,10-,11-,12-;3-,4+,5+,6+;3-,4-,5-,6-/m1100/s1. The third-order valence-electron chi connectivity index (χ3n) is 10.7. The summed E-state index contributed by atoms with van der Waals surface area (Å²) >= 11 is 0. The van der Waals surface area contributed by atoms with Crippen molar-refractivity contribution in [2.24, 2.45) is 0 Å². The van der Waals surface area contributed by atoms with E-state index in [9.17, 15) is 70.9 Å². The molecule has 25 N–H and O–H groups in total. The first-order chi connectivity index (χ1) is 32.2. The molecule has 4 rings (SSSR count). The quantitative estimate of drug-likeness (QED) is 0.0602. The third-order valence-corrected chi connectivity index (χ3v) is 10.7. The van der Waals surface area contributed by atoms with Gasteiger partial charge >= 0.3 is 0 Å². The highest BCUT2D eigenvalue weighted by Crippen LogP contribution is 2.30. The van der Waals surface area contributed by atoms with Crippen molar-refractivity contribution in [3.05, 3.63) is 0 Å². The minimum Gasteiger partial charge on any atom is -0.394 e. The molecule has 0 aliphatic carbocycles. The van der Waals surface area contributed by atoms with Crippen LogP contribution in [0.2, 0.25) is 0 Å². The Bertz CT molecular complexity index is 1370. The minimum absolute atomic E-state index is 0.0258. The number of hydrogen-bond acceptors (Lipinski definition) is 33. The van der Waals surface area contributed by atoms with E-state index in [0.29, 0.717) is 0 Å². The van der Waals surface area contributed by atoms with Crippen LogP contribution in [0.15, 0.2) is 0 Å². The van der Waals surface area contributed by atoms with E-state index in [-0.39, 0.29) is 12.6 Å². The lowest BCUT2D eigenvalue weighted by atomic mass is 9.97. The van der Waals surface area contributed by atoms with Gasteiger partial charge in [0, 0.05) is 0 Å². The Morgan fingerprint density at radius 3 is 1.01 bits per heavy atom. The average Bonchev–Trinajstić information content (AvgIpc) is 3.34. The van der Waals surface area contributed by atoms with Gasteiger partial charge in [0.15, 0.2) is 37.7 Å². The molecule has 0 aromatic rings. The molecule has 33 heteroatoms. The fourth-order valence-corrected chi connectivity index (χ4v) is 6.23. The maximum absolute atomic E-state index is 9.94. The summed E-state index contributed by atoms with van der Waals surface area (Å²) in [4.78, 5) is 19.8. The molecule has 0 bridgehead atoms. The van der Waals surface area contributed by atoms with Crippen LogP contribution in [0.5, 0.6) is 0 Å². The van der Waals surface area contributed by atoms with E-state index in [1.165, 1.54) is 6.92 Å². The molecule has 0 saturated carbocycles. The third kappa shape index (κ3) is 17.6. The lowest BCUT2D eigenvalue weighted by Crippen LogP contribution is -2.64. The highest BCUT2D eigenvalue weighted by atomic mass is 16.8. The topological polar surface area (TPSA) is 595 Å². The molecule has 0 amide bonds. The monoisotopic (exact) mass is 1030 g/mol. The Balaban J connectivity index is 0.000000486. The second kappa shape index (κ2) is 31.0. The number of carbonyl (C=O) groups excluding carboxylic acids is 2. The van der Waals surface area contributed by atoms with Crippen molar-refractivity contribution >= 4 is 12.6 Å². The van der Waals surface area contributed by atoms with Gasteiger partial charge < -0.3 is 166 Å². The highest BCUT2D eigenvalue weighted by molar-refractivity contribution is 5.57. The van der Waals surface area contributed by atoms with Crippen molar-refractivity contribution < 1.29 is 166 Å². The van der Waals surface area contributed by atoms with Gasteiger partial charge in [0.1, 0.15) is 140 Å². The zero-order valence-corrected chi connectivity index (χ0v) is 36.3. The zero-order chi connectivity index (χ0) is 53.4. The van der Waals surface area contributed by atoms with Crippen molar-refractivity contribution in [1.29, 1.82) is 0 Å². The van der Waals surface area contributed by atoms with Gasteiger partial charge in [-0.05, 0) is 6.92 Å². The van der Waals surface area contributed by atoms with Crippen LogP contribution in [0.4, 0.5) is 0 Å². The highest BCUT2D eigenvalue weighted by Gasteiger charge is 2.51. The first kappa shape index (κ1) is 65.1. The van der Waals surface area contributed by atoms with E-state index in [2.05, 4.69) is 0 Å². The Morgan fingerprint density at radius 2 is 0.710 bits per heavy atom. The molecule has 69 heavy (non-hydrogen) atoms. The summed E-state index contributed by atoms with van der Waals surface area (Å²) in [5.41, 5.74) is 0. The smallest absolute Gasteiger partial charge is 0.189 e. The van der Waals surface area contributed by atoms with Gasteiger partial charge in [0.05, 0.1) is 39.1 Å². The van der Waals surface area contributed by atoms with Gasteiger partial charge in [-0.3, -0.25) is 0 Å². The van der Waals surface area contributed by atoms with Gasteiger partial charge in [-0.2, -0.15) is 0 Å². The largest absolute Gasteiger partial charge is 0.394 e. The molecule has 0 aromatic heterocycles. The predicted molar refractivity (Wildman–Crippen MR) is 210 cm³/mol. The summed E-state index contributed by atoms with van der Waals surface area (Å²) in [6.45, 7) is -2.18. The van der Waals surface area contributed by atoms with Crippen LogP contribution in [0, 0.1) is 0 Å². The van der Waals surface area contributed by atoms with Gasteiger partial charge in [0.2, 0.25) is 0 Å². The molecule has 4 heterocycles. The number of hydrogen-bond donors (Lipinski definition) is 25. The maximum atomic E-state index is 9.94. The summed E-state index contributed by atoms with van der Waals surface area (Å²) in [6.07, 6.45) is -44.0. The Kier molecular flexibility index (Phi) is 29.2. The Labute approximate surface area is 389 Å². The van der Waals surface area contributed by atoms with Crippen LogP contribution in [0.1, 0.15) is 6.92 Å². The number of aldehydes is 2. The first-order valence-corrected chi connectivity index (χ1v) is 20.7. The summed E-state index contributed by atoms with van der Waals surface area (Å²) in [5, 5.41) is 232. The molecule has 4 fully saturated rings. The van der Waals surface area contributed by atoms with Crippen molar-refractivity contribution in [2.75, 3.05) is 33.0 Å². The number of carbonyl (C=O) groups is 2. The molecule has 0 spiro atoms. The molecular formula is C36H68O33. The molecular weight excluding hydrogens is 960 g/mol. The van der Waals surface area contributed by atoms with Crippen LogP contribution < -0.4 is 0 Å². The Hall–Kier alpha value is -1.90. The molecule has 33 nitrogen and oxygen atoms in total. The first-order valence-electron chi connectivity index (χ1n) is 20.7. The normalized spacial score (nSPS) is 41.6. The van der Waals surface area contributed by atoms with Crippen LogP contribution in [-0.2, 0) is 38.0 Å².